The molecule has 0 fully saturated rings. The maximum Gasteiger partial charge on any atom is 0.417 e. The Hall–Kier alpha value is -3.32. The molecule has 0 aliphatic rings. The Balaban J connectivity index is 1.89. The van der Waals surface area contributed by atoms with Gasteiger partial charge < -0.3 is 4.57 Å². The smallest absolute Gasteiger partial charge is 0.335 e. The van der Waals surface area contributed by atoms with Crippen LogP contribution in [0.25, 0.3) is 10.9 Å². The molecule has 0 radical (unpaired) electrons. The number of para-hydroxylation sites is 1. The standard InChI is InChI=1S/C19H14F3N3O3S/c1-12-8-13-4-2-3-5-17(13)25(12)11-18(26)24-29(27,28)15-7-6-14(10-23)16(9-15)19(20,21)22/h2-9H,11H2,1H3,(H,24,26). The molecule has 1 aromatic heterocycles. The van der Waals surface area contributed by atoms with E-state index in [4.69, 9.17) is 5.26 Å². The predicted molar refractivity (Wildman–Crippen MR) is 98.2 cm³/mol. The highest BCUT2D eigenvalue weighted by Gasteiger charge is 2.35. The topological polar surface area (TPSA) is 92.0 Å². The van der Waals surface area contributed by atoms with E-state index in [1.165, 1.54) is 6.07 Å². The van der Waals surface area contributed by atoms with Crippen molar-refractivity contribution in [3.63, 3.8) is 0 Å². The maximum atomic E-state index is 13.1. The number of alkyl halides is 3. The van der Waals surface area contributed by atoms with Crippen molar-refractivity contribution in [3.05, 3.63) is 65.4 Å². The number of carbonyl (C=O) groups excluding carboxylic acids is 1. The molecule has 29 heavy (non-hydrogen) atoms. The maximum absolute atomic E-state index is 13.1. The average molecular weight is 421 g/mol. The highest BCUT2D eigenvalue weighted by Crippen LogP contribution is 2.33. The first-order valence-corrected chi connectivity index (χ1v) is 9.73. The molecule has 0 aliphatic heterocycles. The number of benzene rings is 2. The zero-order valence-corrected chi connectivity index (χ0v) is 15.8. The van der Waals surface area contributed by atoms with Gasteiger partial charge in [0.1, 0.15) is 6.54 Å². The second-order valence-corrected chi connectivity index (χ2v) is 7.96. The molecule has 6 nitrogen and oxygen atoms in total. The number of hydrogen-bond donors (Lipinski definition) is 1. The number of nitrogens with zero attached hydrogens (tertiary/aromatic N) is 2. The zero-order valence-electron chi connectivity index (χ0n) is 15.0. The van der Waals surface area contributed by atoms with E-state index in [1.54, 1.807) is 28.3 Å². The van der Waals surface area contributed by atoms with E-state index in [9.17, 15) is 26.4 Å². The van der Waals surface area contributed by atoms with Crippen LogP contribution >= 0.6 is 0 Å². The average Bonchev–Trinajstić information content (AvgIpc) is 2.95. The van der Waals surface area contributed by atoms with Gasteiger partial charge in [-0.05, 0) is 42.6 Å². The van der Waals surface area contributed by atoms with Gasteiger partial charge >= 0.3 is 6.18 Å². The summed E-state index contributed by atoms with van der Waals surface area (Å²) in [6.07, 6.45) is -4.91. The number of aromatic nitrogens is 1. The van der Waals surface area contributed by atoms with Crippen molar-refractivity contribution >= 4 is 26.8 Å². The normalized spacial score (nSPS) is 12.0. The Labute approximate surface area is 164 Å². The van der Waals surface area contributed by atoms with E-state index in [2.05, 4.69) is 0 Å². The molecule has 2 aromatic carbocycles. The van der Waals surface area contributed by atoms with Crippen LogP contribution in [0.2, 0.25) is 0 Å². The van der Waals surface area contributed by atoms with Crippen LogP contribution in [-0.4, -0.2) is 18.9 Å². The molecule has 0 spiro atoms. The molecule has 1 N–H and O–H groups in total. The molecule has 0 bridgehead atoms. The lowest BCUT2D eigenvalue weighted by Gasteiger charge is -2.13. The van der Waals surface area contributed by atoms with E-state index in [0.29, 0.717) is 6.07 Å². The Morgan fingerprint density at radius 1 is 1.17 bits per heavy atom. The first-order chi connectivity index (χ1) is 13.5. The third-order valence-electron chi connectivity index (χ3n) is 4.29. The lowest BCUT2D eigenvalue weighted by molar-refractivity contribution is -0.137. The van der Waals surface area contributed by atoms with E-state index < -0.39 is 38.1 Å². The molecular formula is C19H14F3N3O3S. The summed E-state index contributed by atoms with van der Waals surface area (Å²) in [5.74, 6) is -0.910. The molecule has 0 saturated carbocycles. The summed E-state index contributed by atoms with van der Waals surface area (Å²) in [5, 5.41) is 9.67. The summed E-state index contributed by atoms with van der Waals surface area (Å²) in [6.45, 7) is 1.42. The van der Waals surface area contributed by atoms with Crippen LogP contribution in [-0.2, 0) is 27.5 Å². The molecular weight excluding hydrogens is 407 g/mol. The van der Waals surface area contributed by atoms with Crippen molar-refractivity contribution in [3.8, 4) is 6.07 Å². The van der Waals surface area contributed by atoms with Gasteiger partial charge in [0.25, 0.3) is 15.9 Å². The minimum absolute atomic E-state index is 0.332. The van der Waals surface area contributed by atoms with E-state index in [0.717, 1.165) is 28.7 Å². The Kier molecular flexibility index (Phi) is 5.11. The Bertz CT molecular complexity index is 1260. The minimum atomic E-state index is -4.91. The number of nitrogens with one attached hydrogen (secondary N) is 1. The van der Waals surface area contributed by atoms with Crippen LogP contribution < -0.4 is 4.72 Å². The van der Waals surface area contributed by atoms with Crippen LogP contribution in [0.1, 0.15) is 16.8 Å². The highest BCUT2D eigenvalue weighted by molar-refractivity contribution is 7.90. The SMILES string of the molecule is Cc1cc2ccccc2n1CC(=O)NS(=O)(=O)c1ccc(C#N)c(C(F)(F)F)c1. The quantitative estimate of drug-likeness (QED) is 0.699. The minimum Gasteiger partial charge on any atom is -0.335 e. The summed E-state index contributed by atoms with van der Waals surface area (Å²) in [6, 6.07) is 12.3. The van der Waals surface area contributed by atoms with Crippen LogP contribution in [0.5, 0.6) is 0 Å². The number of fused-ring (bicyclic) bond motifs is 1. The van der Waals surface area contributed by atoms with Gasteiger partial charge in [0.2, 0.25) is 0 Å². The van der Waals surface area contributed by atoms with Gasteiger partial charge in [0, 0.05) is 11.2 Å². The second-order valence-electron chi connectivity index (χ2n) is 6.28. The number of sulfonamides is 1. The zero-order chi connectivity index (χ0) is 21.4. The predicted octanol–water partition coefficient (Wildman–Crippen LogP) is 3.35. The van der Waals surface area contributed by atoms with Gasteiger partial charge in [-0.2, -0.15) is 18.4 Å². The number of amides is 1. The summed E-state index contributed by atoms with van der Waals surface area (Å²) in [7, 11) is -4.56. The molecule has 0 atom stereocenters. The lowest BCUT2D eigenvalue weighted by atomic mass is 10.1. The first-order valence-electron chi connectivity index (χ1n) is 8.25. The van der Waals surface area contributed by atoms with Gasteiger partial charge in [-0.25, -0.2) is 13.1 Å². The van der Waals surface area contributed by atoms with Crippen LogP contribution in [0.3, 0.4) is 0 Å². The molecule has 3 aromatic rings. The summed E-state index contributed by atoms with van der Waals surface area (Å²) in [4.78, 5) is 11.6. The third kappa shape index (κ3) is 4.09. The van der Waals surface area contributed by atoms with E-state index in [-0.39, 0.29) is 6.54 Å². The van der Waals surface area contributed by atoms with Crippen molar-refractivity contribution in [1.82, 2.24) is 9.29 Å². The summed E-state index contributed by atoms with van der Waals surface area (Å²) in [5.41, 5.74) is -0.661. The van der Waals surface area contributed by atoms with Crippen molar-refractivity contribution in [1.29, 1.82) is 5.26 Å². The van der Waals surface area contributed by atoms with Gasteiger partial charge in [0.15, 0.2) is 0 Å². The molecule has 0 saturated heterocycles. The number of carbonyl (C=O) groups is 1. The number of halogens is 3. The highest BCUT2D eigenvalue weighted by atomic mass is 32.2. The molecule has 0 unspecified atom stereocenters. The van der Waals surface area contributed by atoms with Gasteiger partial charge in [-0.3, -0.25) is 4.79 Å². The molecule has 0 aliphatic carbocycles. The largest absolute Gasteiger partial charge is 0.417 e. The molecule has 150 valence electrons. The number of hydrogen-bond acceptors (Lipinski definition) is 4. The van der Waals surface area contributed by atoms with Crippen molar-refractivity contribution in [2.24, 2.45) is 0 Å². The summed E-state index contributed by atoms with van der Waals surface area (Å²) >= 11 is 0. The Morgan fingerprint density at radius 2 is 1.86 bits per heavy atom. The van der Waals surface area contributed by atoms with Crippen LogP contribution in [0.15, 0.2) is 53.4 Å². The first kappa shape index (κ1) is 20.4. The van der Waals surface area contributed by atoms with Gasteiger partial charge in [-0.1, -0.05) is 18.2 Å². The fourth-order valence-electron chi connectivity index (χ4n) is 2.97. The number of aryl methyl sites for hydroxylation is 1. The van der Waals surface area contributed by atoms with E-state index in [1.807, 2.05) is 18.2 Å². The molecule has 1 heterocycles. The molecule has 1 amide bonds. The third-order valence-corrected chi connectivity index (χ3v) is 5.67. The van der Waals surface area contributed by atoms with Crippen molar-refractivity contribution < 1.29 is 26.4 Å². The van der Waals surface area contributed by atoms with Gasteiger partial charge in [-0.15, -0.1) is 0 Å². The lowest BCUT2D eigenvalue weighted by Crippen LogP contribution is -2.33. The van der Waals surface area contributed by atoms with E-state index >= 15 is 0 Å². The van der Waals surface area contributed by atoms with Crippen LogP contribution in [0, 0.1) is 18.3 Å². The molecule has 10 heteroatoms. The monoisotopic (exact) mass is 421 g/mol. The van der Waals surface area contributed by atoms with Crippen molar-refractivity contribution in [2.45, 2.75) is 24.5 Å². The summed E-state index contributed by atoms with van der Waals surface area (Å²) < 4.78 is 67.4. The van der Waals surface area contributed by atoms with Crippen LogP contribution in [0.4, 0.5) is 13.2 Å². The molecule has 3 rings (SSSR count). The Morgan fingerprint density at radius 3 is 2.52 bits per heavy atom. The second kappa shape index (κ2) is 7.25. The number of nitriles is 1. The number of rotatable bonds is 4. The fourth-order valence-corrected chi connectivity index (χ4v) is 3.97. The van der Waals surface area contributed by atoms with Gasteiger partial charge in [0.05, 0.1) is 22.1 Å². The van der Waals surface area contributed by atoms with Crippen molar-refractivity contribution in [2.75, 3.05) is 0 Å². The fraction of sp³-hybridized carbons (Fsp3) is 0.158.